The van der Waals surface area contributed by atoms with Crippen LogP contribution in [0.2, 0.25) is 0 Å². The standard InChI is InChI=1S/C36H52BN3O6/c1-35(2)26-18-29(35)36(3)30(19-26)45-37(46-36)31-16-10-8-6-4-5-7-9-11-17-32(41)40-23-27(20-28(40)33(42)38-31)44-34(43)39-21-24-14-12-13-15-25(24)22-39/h7,9,12-15,26-32,41H,4-6,8,10-11,16-23H2,1-3H3,(H,38,42)/b9-7+/t26-,27-,28?,29-,30?,31?,32?,36-/m1/s1. The summed E-state index contributed by atoms with van der Waals surface area (Å²) >= 11 is 0. The van der Waals surface area contributed by atoms with Gasteiger partial charge in [0.15, 0.2) is 0 Å². The topological polar surface area (TPSA) is 101 Å². The van der Waals surface area contributed by atoms with E-state index in [0.29, 0.717) is 44.3 Å². The number of carbonyl (C=O) groups is 2. The van der Waals surface area contributed by atoms with Crippen LogP contribution >= 0.6 is 0 Å². The molecule has 46 heavy (non-hydrogen) atoms. The molecule has 2 N–H and O–H groups in total. The van der Waals surface area contributed by atoms with Gasteiger partial charge in [-0.25, -0.2) is 4.79 Å². The number of rotatable bonds is 2. The summed E-state index contributed by atoms with van der Waals surface area (Å²) in [6.45, 7) is 8.29. The first-order chi connectivity index (χ1) is 22.1. The highest BCUT2D eigenvalue weighted by Gasteiger charge is 2.68. The van der Waals surface area contributed by atoms with E-state index in [1.54, 1.807) is 4.90 Å². The Labute approximate surface area is 274 Å². The van der Waals surface area contributed by atoms with Crippen molar-refractivity contribution in [3.8, 4) is 0 Å². The molecule has 7 aliphatic rings. The lowest BCUT2D eigenvalue weighted by Gasteiger charge is -2.64. The van der Waals surface area contributed by atoms with Gasteiger partial charge in [0.2, 0.25) is 5.91 Å². The van der Waals surface area contributed by atoms with Crippen LogP contribution in [0.1, 0.15) is 103 Å². The minimum atomic E-state index is -0.818. The molecule has 3 saturated carbocycles. The van der Waals surface area contributed by atoms with Crippen LogP contribution in [0.5, 0.6) is 0 Å². The van der Waals surface area contributed by atoms with Crippen LogP contribution < -0.4 is 5.32 Å². The number of ether oxygens (including phenoxy) is 1. The number of aliphatic hydroxyl groups excluding tert-OH is 1. The third-order valence-electron chi connectivity index (χ3n) is 12.4. The molecule has 250 valence electrons. The zero-order valence-corrected chi connectivity index (χ0v) is 27.9. The maximum atomic E-state index is 14.2. The van der Waals surface area contributed by atoms with Gasteiger partial charge < -0.3 is 24.5 Å². The molecule has 8 atom stereocenters. The number of nitrogens with one attached hydrogen (secondary N) is 1. The zero-order valence-electron chi connectivity index (χ0n) is 27.9. The summed E-state index contributed by atoms with van der Waals surface area (Å²) in [5.74, 6) is 0.659. The van der Waals surface area contributed by atoms with Gasteiger partial charge >= 0.3 is 13.2 Å². The average molecular weight is 634 g/mol. The highest BCUT2D eigenvalue weighted by atomic mass is 16.7. The van der Waals surface area contributed by atoms with E-state index in [4.69, 9.17) is 14.0 Å². The van der Waals surface area contributed by atoms with Crippen LogP contribution in [-0.4, -0.2) is 76.6 Å². The van der Waals surface area contributed by atoms with Crippen molar-refractivity contribution in [2.24, 2.45) is 17.3 Å². The van der Waals surface area contributed by atoms with Crippen molar-refractivity contribution in [3.05, 3.63) is 47.5 Å². The summed E-state index contributed by atoms with van der Waals surface area (Å²) < 4.78 is 19.5. The molecule has 1 aromatic carbocycles. The molecule has 4 heterocycles. The van der Waals surface area contributed by atoms with Gasteiger partial charge in [0.25, 0.3) is 0 Å². The minimum Gasteiger partial charge on any atom is -0.445 e. The Morgan fingerprint density at radius 2 is 1.74 bits per heavy atom. The Kier molecular flexibility index (Phi) is 9.02. The van der Waals surface area contributed by atoms with Crippen molar-refractivity contribution >= 4 is 19.1 Å². The van der Waals surface area contributed by atoms with Gasteiger partial charge in [-0.3, -0.25) is 14.6 Å². The first-order valence-electron chi connectivity index (χ1n) is 17.9. The summed E-state index contributed by atoms with van der Waals surface area (Å²) in [5, 5.41) is 14.7. The number of amides is 2. The van der Waals surface area contributed by atoms with Gasteiger partial charge in [0, 0.05) is 26.1 Å². The Bertz CT molecular complexity index is 1300. The van der Waals surface area contributed by atoms with Crippen LogP contribution in [0, 0.1) is 17.3 Å². The highest BCUT2D eigenvalue weighted by Crippen LogP contribution is 2.65. The number of hydrogen-bond donors (Lipinski definition) is 2. The van der Waals surface area contributed by atoms with E-state index in [1.807, 2.05) is 29.2 Å². The predicted octanol–water partition coefficient (Wildman–Crippen LogP) is 5.34. The fourth-order valence-electron chi connectivity index (χ4n) is 9.43. The van der Waals surface area contributed by atoms with Gasteiger partial charge in [0.05, 0.1) is 23.7 Å². The van der Waals surface area contributed by atoms with E-state index in [-0.39, 0.29) is 35.1 Å². The second kappa shape index (κ2) is 12.9. The summed E-state index contributed by atoms with van der Waals surface area (Å²) in [6.07, 6.45) is 12.6. The Hall–Kier alpha value is -2.40. The highest BCUT2D eigenvalue weighted by molar-refractivity contribution is 6.47. The lowest BCUT2D eigenvalue weighted by atomic mass is 9.43. The molecule has 0 aromatic heterocycles. The third-order valence-corrected chi connectivity index (χ3v) is 12.4. The molecular formula is C36H52BN3O6. The minimum absolute atomic E-state index is 0.0450. The van der Waals surface area contributed by atoms with Crippen molar-refractivity contribution in [2.75, 3.05) is 6.54 Å². The van der Waals surface area contributed by atoms with Gasteiger partial charge in [-0.05, 0) is 80.2 Å². The van der Waals surface area contributed by atoms with Crippen LogP contribution in [0.4, 0.5) is 4.79 Å². The molecule has 2 amide bonds. The van der Waals surface area contributed by atoms with Gasteiger partial charge in [-0.1, -0.05) is 69.5 Å². The second-order valence-electron chi connectivity index (χ2n) is 15.6. The average Bonchev–Trinajstić information content (AvgIpc) is 3.75. The fraction of sp³-hybridized carbons (Fsp3) is 0.722. The van der Waals surface area contributed by atoms with Crippen molar-refractivity contribution in [1.29, 1.82) is 0 Å². The van der Waals surface area contributed by atoms with Gasteiger partial charge in [0.1, 0.15) is 12.3 Å². The molecule has 2 saturated heterocycles. The molecule has 2 bridgehead atoms. The van der Waals surface area contributed by atoms with E-state index in [2.05, 4.69) is 38.2 Å². The van der Waals surface area contributed by atoms with Gasteiger partial charge in [-0.2, -0.15) is 0 Å². The SMILES string of the molecule is CC1(C)[C@H]2CC3OB(C4CCCCCC/C=C/CCC(O)N5C[C@H](OC(=O)N6Cc7ccccc7C6)CC5C(=O)N4)O[C@]3(C)[C@@H]1C2. The van der Waals surface area contributed by atoms with Crippen molar-refractivity contribution in [2.45, 2.75) is 141 Å². The molecule has 1 aromatic rings. The predicted molar refractivity (Wildman–Crippen MR) is 175 cm³/mol. The maximum absolute atomic E-state index is 14.2. The largest absolute Gasteiger partial charge is 0.481 e. The summed E-state index contributed by atoms with van der Waals surface area (Å²) in [7, 11) is -0.499. The first kappa shape index (κ1) is 32.2. The summed E-state index contributed by atoms with van der Waals surface area (Å²) in [4.78, 5) is 31.0. The van der Waals surface area contributed by atoms with Crippen LogP contribution in [0.25, 0.3) is 0 Å². The van der Waals surface area contributed by atoms with Crippen LogP contribution in [-0.2, 0) is 31.9 Å². The molecule has 5 fully saturated rings. The third kappa shape index (κ3) is 6.04. The molecule has 4 unspecified atom stereocenters. The Balaban J connectivity index is 1.06. The van der Waals surface area contributed by atoms with Crippen molar-refractivity contribution in [1.82, 2.24) is 15.1 Å². The molecule has 10 heteroatoms. The molecule has 8 rings (SSSR count). The van der Waals surface area contributed by atoms with Crippen molar-refractivity contribution in [3.63, 3.8) is 0 Å². The number of carbonyl (C=O) groups excluding carboxylic acids is 2. The summed E-state index contributed by atoms with van der Waals surface area (Å²) in [5.41, 5.74) is 2.16. The van der Waals surface area contributed by atoms with Crippen molar-refractivity contribution < 1.29 is 28.7 Å². The fourth-order valence-corrected chi connectivity index (χ4v) is 9.43. The number of hydrogen-bond acceptors (Lipinski definition) is 7. The molecule has 3 aliphatic carbocycles. The molecular weight excluding hydrogens is 581 g/mol. The summed E-state index contributed by atoms with van der Waals surface area (Å²) in [6, 6.07) is 7.44. The molecule has 0 spiro atoms. The number of nitrogens with zero attached hydrogens (tertiary/aromatic N) is 2. The number of allylic oxidation sites excluding steroid dienone is 2. The van der Waals surface area contributed by atoms with E-state index >= 15 is 0 Å². The second-order valence-corrected chi connectivity index (χ2v) is 15.6. The Morgan fingerprint density at radius 1 is 1.00 bits per heavy atom. The molecule has 9 nitrogen and oxygen atoms in total. The zero-order chi connectivity index (χ0) is 32.1. The van der Waals surface area contributed by atoms with E-state index in [9.17, 15) is 14.7 Å². The lowest BCUT2D eigenvalue weighted by Crippen LogP contribution is -2.65. The quantitative estimate of drug-likeness (QED) is 0.335. The normalized spacial score (nSPS) is 38.7. The van der Waals surface area contributed by atoms with Crippen LogP contribution in [0.3, 0.4) is 0 Å². The van der Waals surface area contributed by atoms with E-state index in [1.165, 1.54) is 6.42 Å². The number of benzene rings is 1. The number of fused-ring (bicyclic) bond motifs is 2. The smallest absolute Gasteiger partial charge is 0.445 e. The van der Waals surface area contributed by atoms with Crippen LogP contribution in [0.15, 0.2) is 36.4 Å². The monoisotopic (exact) mass is 633 g/mol. The van der Waals surface area contributed by atoms with E-state index < -0.39 is 25.5 Å². The van der Waals surface area contributed by atoms with Gasteiger partial charge in [-0.15, -0.1) is 0 Å². The number of aliphatic hydroxyl groups is 1. The Morgan fingerprint density at radius 3 is 2.50 bits per heavy atom. The first-order valence-corrected chi connectivity index (χ1v) is 17.9. The molecule has 4 aliphatic heterocycles. The van der Waals surface area contributed by atoms with E-state index in [0.717, 1.165) is 62.5 Å². The lowest BCUT2D eigenvalue weighted by molar-refractivity contribution is -0.199. The maximum Gasteiger partial charge on any atom is 0.481 e. The molecule has 0 radical (unpaired) electrons.